The molecule has 8 rings (SSSR count). The van der Waals surface area contributed by atoms with Crippen molar-refractivity contribution in [2.75, 3.05) is 0 Å². The molecule has 0 bridgehead atoms. The first kappa shape index (κ1) is 21.6. The molecule has 0 saturated carbocycles. The fraction of sp³-hybridized carbons (Fsp3) is 0.114. The Labute approximate surface area is 220 Å². The lowest BCUT2D eigenvalue weighted by Crippen LogP contribution is -2.26. The number of benzene rings is 5. The molecule has 1 aromatic heterocycles. The van der Waals surface area contributed by atoms with Gasteiger partial charge in [-0.3, -0.25) is 4.79 Å². The van der Waals surface area contributed by atoms with E-state index in [2.05, 4.69) is 79.1 Å². The Hall–Kier alpha value is -4.47. The summed E-state index contributed by atoms with van der Waals surface area (Å²) in [5, 5.41) is 15.7. The van der Waals surface area contributed by atoms with E-state index < -0.39 is 6.10 Å². The molecule has 38 heavy (non-hydrogen) atoms. The monoisotopic (exact) mass is 491 g/mol. The first-order valence-corrected chi connectivity index (χ1v) is 13.1. The van der Waals surface area contributed by atoms with Gasteiger partial charge in [0.1, 0.15) is 6.10 Å². The number of fused-ring (bicyclic) bond motifs is 7. The van der Waals surface area contributed by atoms with E-state index in [1.165, 1.54) is 33.2 Å². The van der Waals surface area contributed by atoms with Crippen molar-refractivity contribution >= 4 is 44.4 Å². The van der Waals surface area contributed by atoms with Gasteiger partial charge in [-0.1, -0.05) is 74.5 Å². The number of aromatic nitrogens is 1. The number of Topliss-reactive ketones (excluding diaryl/α,β-unsaturated/α-hetero) is 1. The van der Waals surface area contributed by atoms with Crippen molar-refractivity contribution in [1.82, 2.24) is 4.57 Å². The van der Waals surface area contributed by atoms with E-state index in [-0.39, 0.29) is 11.2 Å². The number of carbonyl (C=O) groups is 1. The van der Waals surface area contributed by atoms with Crippen LogP contribution in [0.2, 0.25) is 0 Å². The van der Waals surface area contributed by atoms with Gasteiger partial charge in [0, 0.05) is 27.3 Å². The minimum atomic E-state index is -0.941. The number of para-hydroxylation sites is 2. The zero-order valence-corrected chi connectivity index (χ0v) is 21.2. The largest absolute Gasteiger partial charge is 0.383 e. The summed E-state index contributed by atoms with van der Waals surface area (Å²) < 4.78 is 2.38. The Balaban J connectivity index is 1.39. The quantitative estimate of drug-likeness (QED) is 0.238. The number of nitrogens with zero attached hydrogens (tertiary/aromatic N) is 1. The lowest BCUT2D eigenvalue weighted by molar-refractivity contribution is 0.102. The van der Waals surface area contributed by atoms with Gasteiger partial charge in [-0.15, -0.1) is 0 Å². The highest BCUT2D eigenvalue weighted by molar-refractivity contribution is 6.18. The highest BCUT2D eigenvalue weighted by atomic mass is 16.3. The van der Waals surface area contributed by atoms with Crippen LogP contribution in [0, 0.1) is 0 Å². The van der Waals surface area contributed by atoms with Gasteiger partial charge in [0.15, 0.2) is 5.78 Å². The van der Waals surface area contributed by atoms with Crippen LogP contribution in [0.1, 0.15) is 52.6 Å². The molecule has 1 atom stereocenters. The molecule has 1 aliphatic carbocycles. The second-order valence-corrected chi connectivity index (χ2v) is 11.1. The second kappa shape index (κ2) is 7.31. The molecule has 6 aromatic rings. The van der Waals surface area contributed by atoms with Gasteiger partial charge >= 0.3 is 0 Å². The van der Waals surface area contributed by atoms with E-state index >= 15 is 0 Å². The molecule has 0 spiro atoms. The van der Waals surface area contributed by atoms with Crippen molar-refractivity contribution in [2.45, 2.75) is 25.4 Å². The molecule has 0 fully saturated rings. The molecule has 182 valence electrons. The summed E-state index contributed by atoms with van der Waals surface area (Å²) in [6.45, 7) is 4.55. The summed E-state index contributed by atoms with van der Waals surface area (Å²) in [6.07, 6.45) is 0.959. The summed E-state index contributed by atoms with van der Waals surface area (Å²) >= 11 is 0. The Morgan fingerprint density at radius 3 is 2.34 bits per heavy atom. The average Bonchev–Trinajstić information content (AvgIpc) is 3.38. The number of ketones is 1. The summed E-state index contributed by atoms with van der Waals surface area (Å²) in [6, 6.07) is 33.4. The number of rotatable bonds is 1. The van der Waals surface area contributed by atoms with Crippen LogP contribution in [0.3, 0.4) is 0 Å². The third-order valence-electron chi connectivity index (χ3n) is 8.62. The SMILES string of the molecule is CC1(C)c2ccccc2-n2c3ccccc3c3cc(/C=C4/C(=O)c5cc6ccccc6cc5C4O)cc1c32. The molecule has 3 nitrogen and oxygen atoms in total. The molecule has 5 aromatic carbocycles. The fourth-order valence-electron chi connectivity index (χ4n) is 6.72. The highest BCUT2D eigenvalue weighted by Crippen LogP contribution is 2.48. The zero-order chi connectivity index (χ0) is 25.8. The number of hydrogen-bond donors (Lipinski definition) is 1. The number of hydrogen-bond acceptors (Lipinski definition) is 2. The second-order valence-electron chi connectivity index (χ2n) is 11.1. The van der Waals surface area contributed by atoms with E-state index in [0.29, 0.717) is 16.7 Å². The van der Waals surface area contributed by atoms with Crippen LogP contribution >= 0.6 is 0 Å². The van der Waals surface area contributed by atoms with Gasteiger partial charge in [0.25, 0.3) is 0 Å². The smallest absolute Gasteiger partial charge is 0.192 e. The highest BCUT2D eigenvalue weighted by Gasteiger charge is 2.36. The molecule has 1 aliphatic heterocycles. The maximum Gasteiger partial charge on any atom is 0.192 e. The van der Waals surface area contributed by atoms with Crippen LogP contribution in [-0.4, -0.2) is 15.5 Å². The van der Waals surface area contributed by atoms with Crippen LogP contribution in [-0.2, 0) is 5.41 Å². The van der Waals surface area contributed by atoms with Gasteiger partial charge in [0.05, 0.1) is 16.7 Å². The fourth-order valence-corrected chi connectivity index (χ4v) is 6.72. The van der Waals surface area contributed by atoms with E-state index in [0.717, 1.165) is 21.7 Å². The van der Waals surface area contributed by atoms with Gasteiger partial charge in [0.2, 0.25) is 0 Å². The van der Waals surface area contributed by atoms with Gasteiger partial charge in [-0.25, -0.2) is 0 Å². The molecule has 0 saturated heterocycles. The van der Waals surface area contributed by atoms with Crippen molar-refractivity contribution in [3.05, 3.63) is 130 Å². The van der Waals surface area contributed by atoms with E-state index in [1.54, 1.807) is 0 Å². The minimum absolute atomic E-state index is 0.0981. The topological polar surface area (TPSA) is 42.2 Å². The predicted molar refractivity (Wildman–Crippen MR) is 154 cm³/mol. The lowest BCUT2D eigenvalue weighted by atomic mass is 9.74. The molecule has 2 aliphatic rings. The van der Waals surface area contributed by atoms with E-state index in [1.807, 2.05) is 42.5 Å². The maximum absolute atomic E-state index is 13.6. The molecule has 0 radical (unpaired) electrons. The summed E-state index contributed by atoms with van der Waals surface area (Å²) in [5.74, 6) is -0.0981. The lowest BCUT2D eigenvalue weighted by Gasteiger charge is -2.35. The van der Waals surface area contributed by atoms with Crippen LogP contribution < -0.4 is 0 Å². The van der Waals surface area contributed by atoms with Crippen molar-refractivity contribution < 1.29 is 9.90 Å². The molecule has 1 unspecified atom stereocenters. The molecular formula is C35H25NO2. The van der Waals surface area contributed by atoms with E-state index in [4.69, 9.17) is 0 Å². The molecular weight excluding hydrogens is 466 g/mol. The normalized spacial score (nSPS) is 18.4. The number of aliphatic hydroxyl groups excluding tert-OH is 1. The maximum atomic E-state index is 13.6. The van der Waals surface area contributed by atoms with Gasteiger partial charge < -0.3 is 9.67 Å². The van der Waals surface area contributed by atoms with Crippen LogP contribution in [0.25, 0.3) is 44.3 Å². The van der Waals surface area contributed by atoms with Crippen LogP contribution in [0.5, 0.6) is 0 Å². The standard InChI is InChI=1S/C35H25NO2/c1-35(2)28-12-6-8-14-31(28)36-30-13-7-5-11-23(30)24-15-20(17-29(35)32(24)36)16-27-33(37)25-18-21-9-3-4-10-22(21)19-26(25)34(27)38/h3-19,33,37H,1-2H3/b27-16+. The number of aliphatic hydroxyl groups is 1. The van der Waals surface area contributed by atoms with Gasteiger partial charge in [-0.2, -0.15) is 0 Å². The summed E-state index contributed by atoms with van der Waals surface area (Å²) in [7, 11) is 0. The zero-order valence-electron chi connectivity index (χ0n) is 21.2. The Kier molecular flexibility index (Phi) is 4.15. The first-order valence-electron chi connectivity index (χ1n) is 13.1. The Bertz CT molecular complexity index is 2040. The Morgan fingerprint density at radius 2 is 1.50 bits per heavy atom. The minimum Gasteiger partial charge on any atom is -0.383 e. The van der Waals surface area contributed by atoms with Crippen molar-refractivity contribution in [2.24, 2.45) is 0 Å². The average molecular weight is 492 g/mol. The molecule has 1 N–H and O–H groups in total. The van der Waals surface area contributed by atoms with Crippen molar-refractivity contribution in [3.63, 3.8) is 0 Å². The Morgan fingerprint density at radius 1 is 0.789 bits per heavy atom. The third kappa shape index (κ3) is 2.69. The molecule has 2 heterocycles. The number of carbonyl (C=O) groups excluding carboxylic acids is 1. The van der Waals surface area contributed by atoms with Crippen LogP contribution in [0.15, 0.2) is 103 Å². The predicted octanol–water partition coefficient (Wildman–Crippen LogP) is 7.89. The molecule has 0 amide bonds. The summed E-state index contributed by atoms with van der Waals surface area (Å²) in [4.78, 5) is 13.6. The first-order chi connectivity index (χ1) is 18.4. The third-order valence-corrected chi connectivity index (χ3v) is 8.62. The molecule has 3 heteroatoms. The van der Waals surface area contributed by atoms with Crippen molar-refractivity contribution in [3.8, 4) is 5.69 Å². The van der Waals surface area contributed by atoms with E-state index in [9.17, 15) is 9.90 Å². The van der Waals surface area contributed by atoms with Gasteiger partial charge in [-0.05, 0) is 75.5 Å². The van der Waals surface area contributed by atoms with Crippen LogP contribution in [0.4, 0.5) is 0 Å². The van der Waals surface area contributed by atoms with Crippen molar-refractivity contribution in [1.29, 1.82) is 0 Å². The summed E-state index contributed by atoms with van der Waals surface area (Å²) in [5.41, 5.74) is 8.51.